The number of rotatable bonds is 6. The van der Waals surface area contributed by atoms with Gasteiger partial charge in [-0.05, 0) is 18.6 Å². The molecule has 2 aromatic heterocycles. The van der Waals surface area contributed by atoms with Crippen molar-refractivity contribution in [3.8, 4) is 5.82 Å². The van der Waals surface area contributed by atoms with E-state index in [1.165, 1.54) is 6.20 Å². The minimum absolute atomic E-state index is 0.327. The normalized spacial score (nSPS) is 11.4. The number of amides is 1. The fourth-order valence-corrected chi connectivity index (χ4v) is 1.82. The standard InChI is InChI=1S/C14H18N4O3/c1-2-14(8-19,9-20)17-13(21)11-3-4-12(16-7-11)18-6-5-15-10-18/h3-7,10,19-20H,2,8-9H2,1H3,(H,17,21). The van der Waals surface area contributed by atoms with Gasteiger partial charge in [0.05, 0.1) is 24.3 Å². The minimum Gasteiger partial charge on any atom is -0.394 e. The Kier molecular flexibility index (Phi) is 4.66. The average Bonchev–Trinajstić information content (AvgIpc) is 3.07. The van der Waals surface area contributed by atoms with Crippen LogP contribution in [0, 0.1) is 0 Å². The topological polar surface area (TPSA) is 100 Å². The Bertz CT molecular complexity index is 569. The van der Waals surface area contributed by atoms with Crippen LogP contribution < -0.4 is 5.32 Å². The second kappa shape index (κ2) is 6.47. The molecule has 0 aromatic carbocycles. The van der Waals surface area contributed by atoms with Gasteiger partial charge in [-0.1, -0.05) is 6.92 Å². The third-order valence-electron chi connectivity index (χ3n) is 3.44. The van der Waals surface area contributed by atoms with Crippen LogP contribution in [0.25, 0.3) is 5.82 Å². The van der Waals surface area contributed by atoms with Gasteiger partial charge in [0, 0.05) is 18.6 Å². The number of nitrogens with zero attached hydrogens (tertiary/aromatic N) is 3. The smallest absolute Gasteiger partial charge is 0.253 e. The maximum Gasteiger partial charge on any atom is 0.253 e. The number of carbonyl (C=O) groups is 1. The lowest BCUT2D eigenvalue weighted by Crippen LogP contribution is -2.53. The first kappa shape index (κ1) is 15.1. The SMILES string of the molecule is CCC(CO)(CO)NC(=O)c1ccc(-n2ccnc2)nc1. The van der Waals surface area contributed by atoms with Crippen molar-refractivity contribution in [3.63, 3.8) is 0 Å². The van der Waals surface area contributed by atoms with Crippen LogP contribution in [0.4, 0.5) is 0 Å². The summed E-state index contributed by atoms with van der Waals surface area (Å²) in [7, 11) is 0. The molecule has 0 saturated heterocycles. The summed E-state index contributed by atoms with van der Waals surface area (Å²) >= 11 is 0. The second-order valence-electron chi connectivity index (χ2n) is 4.78. The monoisotopic (exact) mass is 290 g/mol. The number of carbonyl (C=O) groups excluding carboxylic acids is 1. The number of hydrogen-bond donors (Lipinski definition) is 3. The van der Waals surface area contributed by atoms with E-state index >= 15 is 0 Å². The zero-order valence-electron chi connectivity index (χ0n) is 11.7. The van der Waals surface area contributed by atoms with Crippen LogP contribution in [0.3, 0.4) is 0 Å². The maximum atomic E-state index is 12.1. The summed E-state index contributed by atoms with van der Waals surface area (Å²) in [4.78, 5) is 20.3. The van der Waals surface area contributed by atoms with Crippen molar-refractivity contribution in [1.29, 1.82) is 0 Å². The fourth-order valence-electron chi connectivity index (χ4n) is 1.82. The van der Waals surface area contributed by atoms with Crippen molar-refractivity contribution in [2.45, 2.75) is 18.9 Å². The van der Waals surface area contributed by atoms with Crippen LogP contribution in [0.15, 0.2) is 37.1 Å². The Balaban J connectivity index is 2.13. The molecule has 0 fully saturated rings. The number of imidazole rings is 1. The molecule has 0 aliphatic carbocycles. The van der Waals surface area contributed by atoms with Crippen molar-refractivity contribution in [2.75, 3.05) is 13.2 Å². The molecule has 1 amide bonds. The number of aliphatic hydroxyl groups excluding tert-OH is 2. The molecular formula is C14H18N4O3. The molecule has 3 N–H and O–H groups in total. The third kappa shape index (κ3) is 3.26. The molecule has 0 radical (unpaired) electrons. The van der Waals surface area contributed by atoms with Gasteiger partial charge < -0.3 is 15.5 Å². The molecule has 2 aromatic rings. The highest BCUT2D eigenvalue weighted by atomic mass is 16.3. The summed E-state index contributed by atoms with van der Waals surface area (Å²) in [5.74, 6) is 0.264. The van der Waals surface area contributed by atoms with Crippen LogP contribution in [-0.4, -0.2) is 49.4 Å². The number of pyridine rings is 1. The van der Waals surface area contributed by atoms with Crippen LogP contribution in [0.1, 0.15) is 23.7 Å². The molecule has 0 saturated carbocycles. The van der Waals surface area contributed by atoms with Gasteiger partial charge in [0.1, 0.15) is 12.1 Å². The van der Waals surface area contributed by atoms with E-state index in [4.69, 9.17) is 0 Å². The van der Waals surface area contributed by atoms with Crippen molar-refractivity contribution < 1.29 is 15.0 Å². The van der Waals surface area contributed by atoms with E-state index < -0.39 is 5.54 Å². The van der Waals surface area contributed by atoms with E-state index in [-0.39, 0.29) is 19.1 Å². The lowest BCUT2D eigenvalue weighted by atomic mass is 9.98. The molecular weight excluding hydrogens is 272 g/mol. The third-order valence-corrected chi connectivity index (χ3v) is 3.44. The number of hydrogen-bond acceptors (Lipinski definition) is 5. The van der Waals surface area contributed by atoms with Crippen molar-refractivity contribution in [2.24, 2.45) is 0 Å². The van der Waals surface area contributed by atoms with E-state index in [1.807, 2.05) is 0 Å². The molecule has 2 heterocycles. The van der Waals surface area contributed by atoms with E-state index in [2.05, 4.69) is 15.3 Å². The van der Waals surface area contributed by atoms with Gasteiger partial charge in [-0.25, -0.2) is 9.97 Å². The molecule has 0 unspecified atom stereocenters. The predicted octanol–water partition coefficient (Wildman–Crippen LogP) is 0.130. The summed E-state index contributed by atoms with van der Waals surface area (Å²) in [6, 6.07) is 3.33. The summed E-state index contributed by atoms with van der Waals surface area (Å²) in [6.45, 7) is 1.13. The molecule has 0 aliphatic rings. The first-order chi connectivity index (χ1) is 10.1. The van der Waals surface area contributed by atoms with Crippen LogP contribution in [0.2, 0.25) is 0 Å². The lowest BCUT2D eigenvalue weighted by Gasteiger charge is -2.29. The van der Waals surface area contributed by atoms with Gasteiger partial charge in [0.25, 0.3) is 5.91 Å². The number of aliphatic hydroxyl groups is 2. The summed E-state index contributed by atoms with van der Waals surface area (Å²) in [5.41, 5.74) is -0.654. The van der Waals surface area contributed by atoms with Crippen LogP contribution in [-0.2, 0) is 0 Å². The second-order valence-corrected chi connectivity index (χ2v) is 4.78. The average molecular weight is 290 g/mol. The first-order valence-electron chi connectivity index (χ1n) is 6.63. The Labute approximate surface area is 122 Å². The number of nitrogens with one attached hydrogen (secondary N) is 1. The van der Waals surface area contributed by atoms with E-state index in [9.17, 15) is 15.0 Å². The highest BCUT2D eigenvalue weighted by molar-refractivity contribution is 5.94. The predicted molar refractivity (Wildman–Crippen MR) is 76.0 cm³/mol. The highest BCUT2D eigenvalue weighted by Gasteiger charge is 2.28. The molecule has 7 heteroatoms. The first-order valence-corrected chi connectivity index (χ1v) is 6.63. The summed E-state index contributed by atoms with van der Waals surface area (Å²) in [5, 5.41) is 21.3. The molecule has 112 valence electrons. The Morgan fingerprint density at radius 2 is 2.14 bits per heavy atom. The van der Waals surface area contributed by atoms with Gasteiger partial charge in [-0.3, -0.25) is 9.36 Å². The molecule has 0 spiro atoms. The van der Waals surface area contributed by atoms with E-state index in [0.29, 0.717) is 17.8 Å². The largest absolute Gasteiger partial charge is 0.394 e. The minimum atomic E-state index is -1.01. The molecule has 0 atom stereocenters. The molecule has 2 rings (SSSR count). The van der Waals surface area contributed by atoms with Crippen LogP contribution >= 0.6 is 0 Å². The van der Waals surface area contributed by atoms with Crippen LogP contribution in [0.5, 0.6) is 0 Å². The zero-order valence-corrected chi connectivity index (χ0v) is 11.7. The Morgan fingerprint density at radius 3 is 2.62 bits per heavy atom. The quantitative estimate of drug-likeness (QED) is 0.702. The fraction of sp³-hybridized carbons (Fsp3) is 0.357. The van der Waals surface area contributed by atoms with Gasteiger partial charge in [0.2, 0.25) is 0 Å². The van der Waals surface area contributed by atoms with E-state index in [0.717, 1.165) is 0 Å². The van der Waals surface area contributed by atoms with Gasteiger partial charge >= 0.3 is 0 Å². The number of aromatic nitrogens is 3. The Hall–Kier alpha value is -2.25. The van der Waals surface area contributed by atoms with Crippen molar-refractivity contribution in [1.82, 2.24) is 19.9 Å². The zero-order chi connectivity index (χ0) is 15.3. The van der Waals surface area contributed by atoms with E-state index in [1.54, 1.807) is 42.3 Å². The summed E-state index contributed by atoms with van der Waals surface area (Å²) in [6.07, 6.45) is 6.87. The molecule has 0 aliphatic heterocycles. The van der Waals surface area contributed by atoms with Gasteiger partial charge in [-0.2, -0.15) is 0 Å². The molecule has 7 nitrogen and oxygen atoms in total. The molecule has 0 bridgehead atoms. The van der Waals surface area contributed by atoms with Crippen molar-refractivity contribution in [3.05, 3.63) is 42.6 Å². The van der Waals surface area contributed by atoms with Gasteiger partial charge in [-0.15, -0.1) is 0 Å². The maximum absolute atomic E-state index is 12.1. The lowest BCUT2D eigenvalue weighted by molar-refractivity contribution is 0.0652. The van der Waals surface area contributed by atoms with Gasteiger partial charge in [0.15, 0.2) is 0 Å². The Morgan fingerprint density at radius 1 is 1.38 bits per heavy atom. The summed E-state index contributed by atoms with van der Waals surface area (Å²) < 4.78 is 1.72. The van der Waals surface area contributed by atoms with Crippen molar-refractivity contribution >= 4 is 5.91 Å². The highest BCUT2D eigenvalue weighted by Crippen LogP contribution is 2.11. The molecule has 21 heavy (non-hydrogen) atoms.